The quantitative estimate of drug-likeness (QED) is 0.650. The summed E-state index contributed by atoms with van der Waals surface area (Å²) in [4.78, 5) is 4.26. The van der Waals surface area contributed by atoms with E-state index in [-0.39, 0.29) is 5.92 Å². The van der Waals surface area contributed by atoms with Crippen LogP contribution in [0.25, 0.3) is 11.1 Å². The Morgan fingerprint density at radius 2 is 1.78 bits per heavy atom. The summed E-state index contributed by atoms with van der Waals surface area (Å²) < 4.78 is 0. The maximum Gasteiger partial charge on any atom is 0.123 e. The van der Waals surface area contributed by atoms with Crippen molar-refractivity contribution in [2.24, 2.45) is 0 Å². The van der Waals surface area contributed by atoms with Crippen LogP contribution in [0, 0.1) is 0 Å². The summed E-state index contributed by atoms with van der Waals surface area (Å²) in [6.45, 7) is 0. The highest BCUT2D eigenvalue weighted by Crippen LogP contribution is 2.43. The van der Waals surface area contributed by atoms with Gasteiger partial charge in [0, 0.05) is 12.1 Å². The number of nitrogens with zero attached hydrogens (tertiary/aromatic N) is 1. The highest BCUT2D eigenvalue weighted by molar-refractivity contribution is 6.42. The van der Waals surface area contributed by atoms with Crippen LogP contribution >= 0.6 is 23.2 Å². The SMILES string of the molecule is Nc1cc2c(cn1)CC(c1ccc(Cl)c(Cl)c1)c1ccccc1-2. The van der Waals surface area contributed by atoms with E-state index in [0.717, 1.165) is 12.0 Å². The van der Waals surface area contributed by atoms with Crippen molar-refractivity contribution in [1.82, 2.24) is 4.98 Å². The normalized spacial score (nSPS) is 15.8. The molecule has 0 bridgehead atoms. The monoisotopic (exact) mass is 340 g/mol. The summed E-state index contributed by atoms with van der Waals surface area (Å²) in [7, 11) is 0. The van der Waals surface area contributed by atoms with E-state index in [4.69, 9.17) is 28.9 Å². The molecule has 1 aromatic heterocycles. The summed E-state index contributed by atoms with van der Waals surface area (Å²) in [6.07, 6.45) is 2.75. The second kappa shape index (κ2) is 5.55. The van der Waals surface area contributed by atoms with Crippen molar-refractivity contribution in [2.45, 2.75) is 12.3 Å². The van der Waals surface area contributed by atoms with Gasteiger partial charge in [-0.2, -0.15) is 0 Å². The van der Waals surface area contributed by atoms with E-state index in [1.54, 1.807) is 0 Å². The van der Waals surface area contributed by atoms with E-state index in [1.807, 2.05) is 30.5 Å². The number of pyridine rings is 1. The van der Waals surface area contributed by atoms with Crippen LogP contribution in [0.2, 0.25) is 10.0 Å². The largest absolute Gasteiger partial charge is 0.384 e. The Labute approximate surface area is 144 Å². The second-order valence-corrected chi connectivity index (χ2v) is 6.60. The Hall–Kier alpha value is -2.03. The third-order valence-electron chi connectivity index (χ3n) is 4.40. The summed E-state index contributed by atoms with van der Waals surface area (Å²) in [5, 5.41) is 1.16. The minimum atomic E-state index is 0.235. The lowest BCUT2D eigenvalue weighted by Crippen LogP contribution is -2.13. The molecule has 2 aromatic carbocycles. The molecule has 1 unspecified atom stereocenters. The highest BCUT2D eigenvalue weighted by atomic mass is 35.5. The number of rotatable bonds is 1. The molecular weight excluding hydrogens is 327 g/mol. The van der Waals surface area contributed by atoms with Crippen LogP contribution in [-0.4, -0.2) is 4.98 Å². The van der Waals surface area contributed by atoms with E-state index in [0.29, 0.717) is 15.9 Å². The Morgan fingerprint density at radius 3 is 2.61 bits per heavy atom. The molecule has 0 saturated heterocycles. The molecule has 2 N–H and O–H groups in total. The van der Waals surface area contributed by atoms with Gasteiger partial charge in [0.2, 0.25) is 0 Å². The van der Waals surface area contributed by atoms with Crippen LogP contribution in [0.4, 0.5) is 5.82 Å². The zero-order valence-corrected chi connectivity index (χ0v) is 13.8. The van der Waals surface area contributed by atoms with Crippen molar-refractivity contribution in [2.75, 3.05) is 5.73 Å². The molecule has 1 aliphatic carbocycles. The smallest absolute Gasteiger partial charge is 0.123 e. The zero-order chi connectivity index (χ0) is 16.0. The van der Waals surface area contributed by atoms with Crippen LogP contribution in [0.5, 0.6) is 0 Å². The van der Waals surface area contributed by atoms with E-state index in [2.05, 4.69) is 29.2 Å². The standard InChI is InChI=1S/C19H14Cl2N2/c20-17-6-5-11(8-18(17)21)15-7-12-10-23-19(22)9-16(12)14-4-2-1-3-13(14)15/h1-6,8-10,15H,7H2,(H2,22,23). The molecule has 114 valence electrons. The first-order valence-electron chi connectivity index (χ1n) is 7.42. The molecule has 0 amide bonds. The van der Waals surface area contributed by atoms with Crippen LogP contribution in [0.3, 0.4) is 0 Å². The number of hydrogen-bond acceptors (Lipinski definition) is 2. The zero-order valence-electron chi connectivity index (χ0n) is 12.3. The Morgan fingerprint density at radius 1 is 0.957 bits per heavy atom. The van der Waals surface area contributed by atoms with E-state index < -0.39 is 0 Å². The molecule has 0 aliphatic heterocycles. The number of aromatic nitrogens is 1. The number of benzene rings is 2. The lowest BCUT2D eigenvalue weighted by molar-refractivity contribution is 0.790. The Kier molecular flexibility index (Phi) is 3.51. The number of hydrogen-bond donors (Lipinski definition) is 1. The average Bonchev–Trinajstić information content (AvgIpc) is 2.57. The van der Waals surface area contributed by atoms with Crippen LogP contribution < -0.4 is 5.73 Å². The topological polar surface area (TPSA) is 38.9 Å². The average molecular weight is 341 g/mol. The molecule has 2 nitrogen and oxygen atoms in total. The number of fused-ring (bicyclic) bond motifs is 3. The first kappa shape index (κ1) is 14.6. The number of nitrogen functional groups attached to an aromatic ring is 1. The third-order valence-corrected chi connectivity index (χ3v) is 5.14. The van der Waals surface area contributed by atoms with Gasteiger partial charge in [0.05, 0.1) is 10.0 Å². The molecule has 1 atom stereocenters. The van der Waals surface area contributed by atoms with E-state index >= 15 is 0 Å². The van der Waals surface area contributed by atoms with Gasteiger partial charge in [-0.3, -0.25) is 0 Å². The summed E-state index contributed by atoms with van der Waals surface area (Å²) in [6, 6.07) is 16.2. The molecule has 0 radical (unpaired) electrons. The molecule has 0 spiro atoms. The van der Waals surface area contributed by atoms with Gasteiger partial charge in [-0.25, -0.2) is 4.98 Å². The molecule has 0 fully saturated rings. The van der Waals surface area contributed by atoms with Crippen molar-refractivity contribution >= 4 is 29.0 Å². The minimum Gasteiger partial charge on any atom is -0.384 e. The van der Waals surface area contributed by atoms with Gasteiger partial charge in [-0.1, -0.05) is 53.5 Å². The molecule has 0 saturated carbocycles. The first-order valence-corrected chi connectivity index (χ1v) is 8.17. The first-order chi connectivity index (χ1) is 11.1. The Balaban J connectivity index is 1.90. The summed E-state index contributed by atoms with van der Waals surface area (Å²) in [5.41, 5.74) is 11.9. The lowest BCUT2D eigenvalue weighted by atomic mass is 9.76. The second-order valence-electron chi connectivity index (χ2n) is 5.78. The number of halogens is 2. The molecule has 23 heavy (non-hydrogen) atoms. The molecule has 3 aromatic rings. The maximum atomic E-state index is 6.22. The number of nitrogens with two attached hydrogens (primary N) is 1. The molecule has 4 rings (SSSR count). The predicted molar refractivity (Wildman–Crippen MR) is 96.1 cm³/mol. The predicted octanol–water partition coefficient (Wildman–Crippen LogP) is 5.33. The minimum absolute atomic E-state index is 0.235. The van der Waals surface area contributed by atoms with Gasteiger partial charge in [-0.15, -0.1) is 0 Å². The highest BCUT2D eigenvalue weighted by Gasteiger charge is 2.26. The van der Waals surface area contributed by atoms with Crippen LogP contribution in [0.1, 0.15) is 22.6 Å². The fraction of sp³-hybridized carbons (Fsp3) is 0.105. The van der Waals surface area contributed by atoms with Gasteiger partial charge in [0.15, 0.2) is 0 Å². The fourth-order valence-electron chi connectivity index (χ4n) is 3.32. The van der Waals surface area contributed by atoms with Crippen molar-refractivity contribution in [3.8, 4) is 11.1 Å². The van der Waals surface area contributed by atoms with Crippen molar-refractivity contribution in [3.05, 3.63) is 81.5 Å². The van der Waals surface area contributed by atoms with Crippen LogP contribution in [-0.2, 0) is 6.42 Å². The summed E-state index contributed by atoms with van der Waals surface area (Å²) >= 11 is 12.3. The van der Waals surface area contributed by atoms with E-state index in [9.17, 15) is 0 Å². The molecule has 4 heteroatoms. The molecule has 1 aliphatic rings. The van der Waals surface area contributed by atoms with Gasteiger partial charge >= 0.3 is 0 Å². The fourth-order valence-corrected chi connectivity index (χ4v) is 3.62. The molecular formula is C19H14Cl2N2. The molecule has 1 heterocycles. The number of anilines is 1. The van der Waals surface area contributed by atoms with Gasteiger partial charge in [-0.05, 0) is 52.4 Å². The third kappa shape index (κ3) is 2.48. The van der Waals surface area contributed by atoms with Gasteiger partial charge in [0.1, 0.15) is 5.82 Å². The van der Waals surface area contributed by atoms with Gasteiger partial charge in [0.25, 0.3) is 0 Å². The van der Waals surface area contributed by atoms with E-state index in [1.165, 1.54) is 22.3 Å². The van der Waals surface area contributed by atoms with Gasteiger partial charge < -0.3 is 5.73 Å². The van der Waals surface area contributed by atoms with Crippen LogP contribution in [0.15, 0.2) is 54.7 Å². The lowest BCUT2D eigenvalue weighted by Gasteiger charge is -2.28. The summed E-state index contributed by atoms with van der Waals surface area (Å²) in [5.74, 6) is 0.783. The Bertz CT molecular complexity index is 906. The maximum absolute atomic E-state index is 6.22. The van der Waals surface area contributed by atoms with Crippen molar-refractivity contribution in [3.63, 3.8) is 0 Å². The van der Waals surface area contributed by atoms with Crippen molar-refractivity contribution < 1.29 is 0 Å². The van der Waals surface area contributed by atoms with Crippen molar-refractivity contribution in [1.29, 1.82) is 0 Å².